The topological polar surface area (TPSA) is 108 Å². The van der Waals surface area contributed by atoms with E-state index in [1.165, 1.54) is 17.0 Å². The molecule has 28 heavy (non-hydrogen) atoms. The van der Waals surface area contributed by atoms with Crippen LogP contribution in [-0.2, 0) is 9.59 Å². The first-order valence-corrected chi connectivity index (χ1v) is 9.48. The number of thioether (sulfide) groups is 1. The molecule has 1 saturated heterocycles. The highest BCUT2D eigenvalue weighted by Crippen LogP contribution is 2.33. The predicted molar refractivity (Wildman–Crippen MR) is 108 cm³/mol. The molecule has 7 nitrogen and oxygen atoms in total. The van der Waals surface area contributed by atoms with Crippen molar-refractivity contribution in [2.45, 2.75) is 12.8 Å². The molecule has 1 aromatic carbocycles. The second-order valence-electron chi connectivity index (χ2n) is 5.92. The highest BCUT2D eigenvalue weighted by atomic mass is 32.2. The average Bonchev–Trinajstić information content (AvgIpc) is 3.22. The van der Waals surface area contributed by atoms with Gasteiger partial charge in [-0.1, -0.05) is 36.1 Å². The van der Waals surface area contributed by atoms with E-state index in [9.17, 15) is 14.4 Å². The second kappa shape index (κ2) is 8.41. The highest BCUT2D eigenvalue weighted by Gasteiger charge is 2.31. The Morgan fingerprint density at radius 1 is 1.14 bits per heavy atom. The summed E-state index contributed by atoms with van der Waals surface area (Å²) in [6.45, 7) is 0.258. The first kappa shape index (κ1) is 19.8. The number of carboxylic acid groups (broad SMARTS) is 2. The SMILES string of the molecule is O=C(O)CCCN1C(=O)/C(=C\c2ccc(-c3ccc(C(=O)O)cc3)o2)SC1=S. The molecule has 1 aromatic heterocycles. The molecule has 144 valence electrons. The second-order valence-corrected chi connectivity index (χ2v) is 7.59. The van der Waals surface area contributed by atoms with Gasteiger partial charge < -0.3 is 14.6 Å². The summed E-state index contributed by atoms with van der Waals surface area (Å²) < 4.78 is 6.12. The average molecular weight is 417 g/mol. The molecule has 0 bridgehead atoms. The minimum absolute atomic E-state index is 0.0294. The zero-order valence-corrected chi connectivity index (χ0v) is 16.1. The number of benzene rings is 1. The lowest BCUT2D eigenvalue weighted by Crippen LogP contribution is -2.29. The first-order chi connectivity index (χ1) is 13.3. The van der Waals surface area contributed by atoms with E-state index >= 15 is 0 Å². The zero-order chi connectivity index (χ0) is 20.3. The fraction of sp³-hybridized carbons (Fsp3) is 0.158. The summed E-state index contributed by atoms with van der Waals surface area (Å²) in [5.74, 6) is -1.19. The van der Waals surface area contributed by atoms with Crippen LogP contribution in [0.4, 0.5) is 0 Å². The van der Waals surface area contributed by atoms with Gasteiger partial charge in [-0.25, -0.2) is 4.79 Å². The van der Waals surface area contributed by atoms with Crippen LogP contribution in [0.5, 0.6) is 0 Å². The number of aliphatic carboxylic acids is 1. The maximum absolute atomic E-state index is 12.5. The Hall–Kier alpha value is -2.91. The molecular weight excluding hydrogens is 402 g/mol. The lowest BCUT2D eigenvalue weighted by molar-refractivity contribution is -0.137. The Morgan fingerprint density at radius 2 is 1.86 bits per heavy atom. The van der Waals surface area contributed by atoms with Gasteiger partial charge in [0.1, 0.15) is 15.8 Å². The van der Waals surface area contributed by atoms with Gasteiger partial charge in [0, 0.05) is 24.6 Å². The van der Waals surface area contributed by atoms with Crippen LogP contribution >= 0.6 is 24.0 Å². The predicted octanol–water partition coefficient (Wildman–Crippen LogP) is 3.71. The molecule has 2 aromatic rings. The van der Waals surface area contributed by atoms with Gasteiger partial charge >= 0.3 is 11.9 Å². The molecule has 0 atom stereocenters. The van der Waals surface area contributed by atoms with Crippen LogP contribution in [-0.4, -0.2) is 43.8 Å². The molecule has 0 aliphatic carbocycles. The van der Waals surface area contributed by atoms with Crippen molar-refractivity contribution < 1.29 is 29.0 Å². The maximum Gasteiger partial charge on any atom is 0.335 e. The van der Waals surface area contributed by atoms with Crippen LogP contribution < -0.4 is 0 Å². The van der Waals surface area contributed by atoms with Gasteiger partial charge in [0.25, 0.3) is 5.91 Å². The third kappa shape index (κ3) is 4.49. The van der Waals surface area contributed by atoms with Crippen LogP contribution in [0.2, 0.25) is 0 Å². The molecule has 1 amide bonds. The van der Waals surface area contributed by atoms with Crippen molar-refractivity contribution in [2.24, 2.45) is 0 Å². The van der Waals surface area contributed by atoms with Crippen LogP contribution in [0.3, 0.4) is 0 Å². The molecule has 2 N–H and O–H groups in total. The van der Waals surface area contributed by atoms with Gasteiger partial charge in [-0.3, -0.25) is 14.5 Å². The molecule has 1 aliphatic rings. The Balaban J connectivity index is 1.72. The largest absolute Gasteiger partial charge is 0.481 e. The van der Waals surface area contributed by atoms with E-state index in [-0.39, 0.29) is 24.4 Å². The number of amides is 1. The molecular formula is C19H15NO6S2. The van der Waals surface area contributed by atoms with Gasteiger partial charge in [0.15, 0.2) is 0 Å². The van der Waals surface area contributed by atoms with Crippen LogP contribution in [0.25, 0.3) is 17.4 Å². The number of carbonyl (C=O) groups is 3. The van der Waals surface area contributed by atoms with Crippen molar-refractivity contribution in [3.05, 3.63) is 52.6 Å². The number of furan rings is 1. The van der Waals surface area contributed by atoms with Crippen LogP contribution in [0.15, 0.2) is 45.7 Å². The van der Waals surface area contributed by atoms with E-state index in [0.717, 1.165) is 11.8 Å². The minimum Gasteiger partial charge on any atom is -0.481 e. The lowest BCUT2D eigenvalue weighted by atomic mass is 10.1. The molecule has 0 radical (unpaired) electrons. The standard InChI is InChI=1S/C19H15NO6S2/c21-16(22)2-1-9-20-17(23)15(28-19(20)27)10-13-7-8-14(26-13)11-3-5-12(6-4-11)18(24)25/h3-8,10H,1-2,9H2,(H,21,22)(H,24,25)/b15-10+. The fourth-order valence-electron chi connectivity index (χ4n) is 2.57. The van der Waals surface area contributed by atoms with E-state index in [4.69, 9.17) is 26.8 Å². The van der Waals surface area contributed by atoms with Gasteiger partial charge in [-0.2, -0.15) is 0 Å². The minimum atomic E-state index is -1.00. The smallest absolute Gasteiger partial charge is 0.335 e. The van der Waals surface area contributed by atoms with Gasteiger partial charge in [-0.05, 0) is 30.7 Å². The Kier molecular flexibility index (Phi) is 5.96. The molecule has 9 heteroatoms. The van der Waals surface area contributed by atoms with E-state index in [1.807, 2.05) is 0 Å². The first-order valence-electron chi connectivity index (χ1n) is 8.26. The summed E-state index contributed by atoms with van der Waals surface area (Å²) in [4.78, 5) is 35.8. The molecule has 1 aliphatic heterocycles. The normalized spacial score (nSPS) is 15.4. The summed E-state index contributed by atoms with van der Waals surface area (Å²) in [7, 11) is 0. The molecule has 3 rings (SSSR count). The molecule has 0 spiro atoms. The van der Waals surface area contributed by atoms with Crippen molar-refractivity contribution in [1.82, 2.24) is 4.90 Å². The number of carboxylic acids is 2. The number of nitrogens with zero attached hydrogens (tertiary/aromatic N) is 1. The Labute approximate surface area is 169 Å². The zero-order valence-electron chi connectivity index (χ0n) is 14.5. The summed E-state index contributed by atoms with van der Waals surface area (Å²) in [5.41, 5.74) is 0.896. The number of rotatable bonds is 7. The Morgan fingerprint density at radius 3 is 2.50 bits per heavy atom. The maximum atomic E-state index is 12.5. The number of carbonyl (C=O) groups excluding carboxylic acids is 1. The number of hydrogen-bond donors (Lipinski definition) is 2. The molecule has 1 fully saturated rings. The van der Waals surface area contributed by atoms with E-state index in [1.54, 1.807) is 30.3 Å². The van der Waals surface area contributed by atoms with E-state index < -0.39 is 11.9 Å². The van der Waals surface area contributed by atoms with Crippen LogP contribution in [0.1, 0.15) is 29.0 Å². The lowest BCUT2D eigenvalue weighted by Gasteiger charge is -2.13. The van der Waals surface area contributed by atoms with Gasteiger partial charge in [-0.15, -0.1) is 0 Å². The highest BCUT2D eigenvalue weighted by molar-refractivity contribution is 8.26. The third-order valence-electron chi connectivity index (χ3n) is 3.96. The van der Waals surface area contributed by atoms with E-state index in [2.05, 4.69) is 0 Å². The van der Waals surface area contributed by atoms with Crippen molar-refractivity contribution >= 4 is 52.2 Å². The number of hydrogen-bond acceptors (Lipinski definition) is 6. The molecule has 0 unspecified atom stereocenters. The third-order valence-corrected chi connectivity index (χ3v) is 5.34. The summed E-state index contributed by atoms with van der Waals surface area (Å²) in [5, 5.41) is 17.7. The van der Waals surface area contributed by atoms with Crippen molar-refractivity contribution in [3.8, 4) is 11.3 Å². The number of thiocarbonyl (C=S) groups is 1. The quantitative estimate of drug-likeness (QED) is 0.518. The summed E-state index contributed by atoms with van der Waals surface area (Å²) in [6, 6.07) is 9.71. The van der Waals surface area contributed by atoms with Crippen molar-refractivity contribution in [3.63, 3.8) is 0 Å². The molecule has 0 saturated carbocycles. The van der Waals surface area contributed by atoms with Gasteiger partial charge in [0.2, 0.25) is 0 Å². The Bertz CT molecular complexity index is 977. The van der Waals surface area contributed by atoms with Crippen molar-refractivity contribution in [2.75, 3.05) is 6.54 Å². The van der Waals surface area contributed by atoms with Crippen LogP contribution in [0, 0.1) is 0 Å². The summed E-state index contributed by atoms with van der Waals surface area (Å²) >= 11 is 6.35. The van der Waals surface area contributed by atoms with Crippen molar-refractivity contribution in [1.29, 1.82) is 0 Å². The van der Waals surface area contributed by atoms with E-state index in [0.29, 0.717) is 32.7 Å². The van der Waals surface area contributed by atoms with Gasteiger partial charge in [0.05, 0.1) is 10.5 Å². The fourth-order valence-corrected chi connectivity index (χ4v) is 3.86. The number of aromatic carboxylic acids is 1. The monoisotopic (exact) mass is 417 g/mol. The summed E-state index contributed by atoms with van der Waals surface area (Å²) in [6.07, 6.45) is 1.89. The molecule has 2 heterocycles.